The first-order valence-corrected chi connectivity index (χ1v) is 17.0. The number of likely N-dealkylation sites (tertiary alicyclic amines) is 1. The SMILES string of the molecule is COP(=O)(OCC1CCCN1C(=O)OCCS(=O)(=O)c1ccc(C)cc1)Oc1ccc(COC(=O)ON2C(=O)CCC2=O)cc1. The lowest BCUT2D eigenvalue weighted by molar-refractivity contribution is -0.177. The van der Waals surface area contributed by atoms with Crippen molar-refractivity contribution in [1.82, 2.24) is 9.96 Å². The van der Waals surface area contributed by atoms with Crippen LogP contribution in [0.2, 0.25) is 0 Å². The van der Waals surface area contributed by atoms with Crippen molar-refractivity contribution in [2.75, 3.05) is 32.6 Å². The predicted octanol–water partition coefficient (Wildman–Crippen LogP) is 3.94. The Bertz CT molecular complexity index is 1530. The van der Waals surface area contributed by atoms with Crippen LogP contribution < -0.4 is 4.52 Å². The second kappa shape index (κ2) is 14.9. The van der Waals surface area contributed by atoms with Gasteiger partial charge in [0.2, 0.25) is 0 Å². The highest BCUT2D eigenvalue weighted by Gasteiger charge is 2.35. The van der Waals surface area contributed by atoms with Crippen LogP contribution in [0.3, 0.4) is 0 Å². The van der Waals surface area contributed by atoms with Crippen molar-refractivity contribution in [2.24, 2.45) is 0 Å². The molecule has 4 rings (SSSR count). The van der Waals surface area contributed by atoms with Crippen LogP contribution in [-0.4, -0.2) is 81.1 Å². The molecular formula is C28H33N2O13PS. The summed E-state index contributed by atoms with van der Waals surface area (Å²) in [6.07, 6.45) is -0.875. The standard InChI is InChI=1S/C28H33N2O13PS/c1-20-5-11-24(12-6-20)45(36,37)17-16-39-27(33)29-15-3-4-22(29)19-41-44(35,38-2)43-23-9-7-21(8-10-23)18-40-28(34)42-30-25(31)13-14-26(30)32/h5-12,22H,3-4,13-19H2,1-2H3. The van der Waals surface area contributed by atoms with E-state index in [1.165, 1.54) is 41.3 Å². The summed E-state index contributed by atoms with van der Waals surface area (Å²) >= 11 is 0. The van der Waals surface area contributed by atoms with E-state index in [9.17, 15) is 32.2 Å². The Morgan fingerprint density at radius 1 is 0.978 bits per heavy atom. The van der Waals surface area contributed by atoms with E-state index in [1.54, 1.807) is 12.1 Å². The monoisotopic (exact) mass is 668 g/mol. The van der Waals surface area contributed by atoms with E-state index in [1.807, 2.05) is 6.92 Å². The lowest BCUT2D eigenvalue weighted by Gasteiger charge is -2.25. The number of rotatable bonds is 13. The van der Waals surface area contributed by atoms with Crippen LogP contribution in [0.4, 0.5) is 9.59 Å². The van der Waals surface area contributed by atoms with Gasteiger partial charge in [-0.15, -0.1) is 0 Å². The number of hydroxylamine groups is 2. The number of carbonyl (C=O) groups is 4. The molecule has 2 aliphatic heterocycles. The number of benzene rings is 2. The molecule has 2 unspecified atom stereocenters. The molecule has 0 saturated carbocycles. The van der Waals surface area contributed by atoms with E-state index in [-0.39, 0.29) is 49.1 Å². The number of aryl methyl sites for hydroxylation is 1. The van der Waals surface area contributed by atoms with Crippen LogP contribution >= 0.6 is 7.82 Å². The van der Waals surface area contributed by atoms with Crippen molar-refractivity contribution in [3.05, 3.63) is 59.7 Å². The van der Waals surface area contributed by atoms with Gasteiger partial charge in [0.1, 0.15) is 19.0 Å². The third kappa shape index (κ3) is 9.26. The Morgan fingerprint density at radius 3 is 2.29 bits per heavy atom. The Hall–Kier alpha value is -3.98. The molecule has 17 heteroatoms. The van der Waals surface area contributed by atoms with Crippen LogP contribution in [0, 0.1) is 6.92 Å². The lowest BCUT2D eigenvalue weighted by Crippen LogP contribution is -2.39. The van der Waals surface area contributed by atoms with Gasteiger partial charge < -0.3 is 18.9 Å². The molecule has 0 radical (unpaired) electrons. The van der Waals surface area contributed by atoms with Crippen LogP contribution in [0.5, 0.6) is 5.75 Å². The van der Waals surface area contributed by atoms with Gasteiger partial charge in [-0.05, 0) is 49.6 Å². The molecule has 2 fully saturated rings. The fraction of sp³-hybridized carbons (Fsp3) is 0.429. The second-order valence-corrected chi connectivity index (χ2v) is 13.9. The molecular weight excluding hydrogens is 635 g/mol. The molecule has 244 valence electrons. The number of carbonyl (C=O) groups excluding carboxylic acids is 4. The van der Waals surface area contributed by atoms with Gasteiger partial charge in [-0.1, -0.05) is 34.9 Å². The maximum absolute atomic E-state index is 13.1. The van der Waals surface area contributed by atoms with Gasteiger partial charge >= 0.3 is 20.1 Å². The lowest BCUT2D eigenvalue weighted by atomic mass is 10.2. The molecule has 2 aliphatic rings. The fourth-order valence-corrected chi connectivity index (χ4v) is 6.46. The van der Waals surface area contributed by atoms with Crippen molar-refractivity contribution in [2.45, 2.75) is 50.2 Å². The summed E-state index contributed by atoms with van der Waals surface area (Å²) in [6, 6.07) is 11.7. The average molecular weight is 669 g/mol. The van der Waals surface area contributed by atoms with Gasteiger partial charge in [-0.3, -0.25) is 23.5 Å². The molecule has 0 spiro atoms. The van der Waals surface area contributed by atoms with Crippen molar-refractivity contribution < 1.29 is 60.0 Å². The highest BCUT2D eigenvalue weighted by molar-refractivity contribution is 7.91. The predicted molar refractivity (Wildman–Crippen MR) is 154 cm³/mol. The summed E-state index contributed by atoms with van der Waals surface area (Å²) in [5, 5.41) is 0.371. The highest BCUT2D eigenvalue weighted by atomic mass is 32.2. The van der Waals surface area contributed by atoms with Crippen molar-refractivity contribution >= 4 is 41.7 Å². The van der Waals surface area contributed by atoms with Gasteiger partial charge in [0.25, 0.3) is 11.8 Å². The summed E-state index contributed by atoms with van der Waals surface area (Å²) in [7, 11) is -6.61. The Labute approximate surface area is 259 Å². The molecule has 2 atom stereocenters. The Kier molecular flexibility index (Phi) is 11.2. The van der Waals surface area contributed by atoms with E-state index >= 15 is 0 Å². The van der Waals surface area contributed by atoms with E-state index < -0.39 is 47.8 Å². The topological polar surface area (TPSA) is 181 Å². The smallest absolute Gasteiger partial charge is 0.448 e. The van der Waals surface area contributed by atoms with Crippen LogP contribution in [0.1, 0.15) is 36.8 Å². The van der Waals surface area contributed by atoms with Gasteiger partial charge in [0, 0.05) is 26.5 Å². The van der Waals surface area contributed by atoms with Gasteiger partial charge in [0.05, 0.1) is 23.3 Å². The van der Waals surface area contributed by atoms with Crippen molar-refractivity contribution in [1.29, 1.82) is 0 Å². The molecule has 0 aromatic heterocycles. The second-order valence-electron chi connectivity index (χ2n) is 10.1. The van der Waals surface area contributed by atoms with Gasteiger partial charge in [-0.2, -0.15) is 0 Å². The van der Waals surface area contributed by atoms with Crippen molar-refractivity contribution in [3.8, 4) is 5.75 Å². The summed E-state index contributed by atoms with van der Waals surface area (Å²) in [6.45, 7) is 1.41. The van der Waals surface area contributed by atoms with E-state index in [0.717, 1.165) is 12.7 Å². The minimum atomic E-state index is -4.12. The number of hydrogen-bond acceptors (Lipinski definition) is 13. The number of amides is 3. The maximum Gasteiger partial charge on any atom is 0.534 e. The normalized spacial score (nSPS) is 18.0. The molecule has 2 aromatic rings. The highest BCUT2D eigenvalue weighted by Crippen LogP contribution is 2.49. The fourth-order valence-electron chi connectivity index (χ4n) is 4.40. The summed E-state index contributed by atoms with van der Waals surface area (Å²) in [4.78, 5) is 53.7. The molecule has 0 bridgehead atoms. The number of sulfone groups is 1. The number of phosphoric acid groups is 1. The molecule has 15 nitrogen and oxygen atoms in total. The molecule has 2 heterocycles. The number of nitrogens with zero attached hydrogens (tertiary/aromatic N) is 2. The first kappa shape index (κ1) is 33.9. The molecule has 3 amide bonds. The van der Waals surface area contributed by atoms with Crippen molar-refractivity contribution in [3.63, 3.8) is 0 Å². The van der Waals surface area contributed by atoms with Crippen LogP contribution in [0.25, 0.3) is 0 Å². The first-order chi connectivity index (χ1) is 21.4. The zero-order valence-corrected chi connectivity index (χ0v) is 26.3. The summed E-state index contributed by atoms with van der Waals surface area (Å²) < 4.78 is 64.3. The Balaban J connectivity index is 1.22. The number of ether oxygens (including phenoxy) is 2. The molecule has 0 aliphatic carbocycles. The number of imide groups is 1. The number of phosphoric ester groups is 1. The maximum atomic E-state index is 13.1. The average Bonchev–Trinajstić information content (AvgIpc) is 3.62. The molecule has 2 saturated heterocycles. The minimum Gasteiger partial charge on any atom is -0.448 e. The molecule has 45 heavy (non-hydrogen) atoms. The van der Waals surface area contributed by atoms with E-state index in [0.29, 0.717) is 30.0 Å². The largest absolute Gasteiger partial charge is 0.534 e. The summed E-state index contributed by atoms with van der Waals surface area (Å²) in [5.74, 6) is -1.53. The van der Waals surface area contributed by atoms with Gasteiger partial charge in [0.15, 0.2) is 9.84 Å². The summed E-state index contributed by atoms with van der Waals surface area (Å²) in [5.41, 5.74) is 1.41. The molecule has 0 N–H and O–H groups in total. The Morgan fingerprint density at radius 2 is 1.64 bits per heavy atom. The molecule has 2 aromatic carbocycles. The van der Waals surface area contributed by atoms with Crippen LogP contribution in [-0.2, 0) is 54.0 Å². The zero-order valence-electron chi connectivity index (χ0n) is 24.6. The van der Waals surface area contributed by atoms with Gasteiger partial charge in [-0.25, -0.2) is 22.6 Å². The van der Waals surface area contributed by atoms with E-state index in [4.69, 9.17) is 23.0 Å². The van der Waals surface area contributed by atoms with Crippen LogP contribution in [0.15, 0.2) is 53.4 Å². The third-order valence-corrected chi connectivity index (χ3v) is 9.93. The quantitative estimate of drug-likeness (QED) is 0.170. The zero-order chi connectivity index (χ0) is 32.6. The number of hydrogen-bond donors (Lipinski definition) is 0. The van der Waals surface area contributed by atoms with E-state index in [2.05, 4.69) is 4.84 Å². The third-order valence-electron chi connectivity index (χ3n) is 6.89. The minimum absolute atomic E-state index is 0.0439. The first-order valence-electron chi connectivity index (χ1n) is 13.9.